The number of nitrogens with zero attached hydrogens (tertiary/aromatic N) is 2. The number of halogens is 2. The Morgan fingerprint density at radius 1 is 0.647 bits per heavy atom. The fraction of sp³-hybridized carbons (Fsp3) is 0.0833. The Labute approximate surface area is 206 Å². The normalized spacial score (nSPS) is 10.9. The zero-order valence-corrected chi connectivity index (χ0v) is 19.3. The zero-order valence-electron chi connectivity index (χ0n) is 17.8. The van der Waals surface area contributed by atoms with Crippen LogP contribution in [0.1, 0.15) is 11.1 Å². The van der Waals surface area contributed by atoms with E-state index >= 15 is 0 Å². The van der Waals surface area contributed by atoms with Crippen LogP contribution >= 0.6 is 23.2 Å². The van der Waals surface area contributed by atoms with Crippen LogP contribution in [-0.2, 0) is 9.59 Å². The van der Waals surface area contributed by atoms with E-state index < -0.39 is 11.8 Å². The van der Waals surface area contributed by atoms with E-state index in [-0.39, 0.29) is 13.2 Å². The van der Waals surface area contributed by atoms with Crippen LogP contribution in [0.15, 0.2) is 83.0 Å². The van der Waals surface area contributed by atoms with Crippen molar-refractivity contribution in [2.24, 2.45) is 10.2 Å². The van der Waals surface area contributed by atoms with Gasteiger partial charge in [-0.15, -0.1) is 0 Å². The van der Waals surface area contributed by atoms with Crippen LogP contribution in [0.25, 0.3) is 0 Å². The number of benzene rings is 3. The van der Waals surface area contributed by atoms with Gasteiger partial charge in [-0.25, -0.2) is 10.9 Å². The van der Waals surface area contributed by atoms with Gasteiger partial charge < -0.3 is 9.47 Å². The molecule has 3 rings (SSSR count). The smallest absolute Gasteiger partial charge is 0.277 e. The summed E-state index contributed by atoms with van der Waals surface area (Å²) in [5.41, 5.74) is 6.30. The lowest BCUT2D eigenvalue weighted by Crippen LogP contribution is -2.24. The maximum Gasteiger partial charge on any atom is 0.277 e. The number of carbonyl (C=O) groups excluding carboxylic acids is 2. The van der Waals surface area contributed by atoms with Gasteiger partial charge in [-0.05, 0) is 59.7 Å². The summed E-state index contributed by atoms with van der Waals surface area (Å²) >= 11 is 11.6. The number of amides is 2. The van der Waals surface area contributed by atoms with Crippen LogP contribution in [0, 0.1) is 0 Å². The van der Waals surface area contributed by atoms with Gasteiger partial charge in [0, 0.05) is 10.0 Å². The Morgan fingerprint density at radius 2 is 1.00 bits per heavy atom. The molecule has 0 atom stereocenters. The van der Waals surface area contributed by atoms with Gasteiger partial charge >= 0.3 is 0 Å². The fourth-order valence-corrected chi connectivity index (χ4v) is 2.70. The van der Waals surface area contributed by atoms with Gasteiger partial charge in [-0.3, -0.25) is 9.59 Å². The number of carbonyl (C=O) groups is 2. The minimum absolute atomic E-state index is 0.176. The van der Waals surface area contributed by atoms with E-state index in [0.717, 1.165) is 11.1 Å². The number of hydrogen-bond donors (Lipinski definition) is 2. The predicted molar refractivity (Wildman–Crippen MR) is 132 cm³/mol. The Balaban J connectivity index is 1.36. The molecule has 0 unspecified atom stereocenters. The minimum Gasteiger partial charge on any atom is -0.484 e. The molecule has 0 bridgehead atoms. The molecule has 3 aromatic carbocycles. The van der Waals surface area contributed by atoms with E-state index in [1.165, 1.54) is 12.4 Å². The highest BCUT2D eigenvalue weighted by Crippen LogP contribution is 2.16. The first-order valence-corrected chi connectivity index (χ1v) is 10.7. The standard InChI is InChI=1S/C24H20Cl2N4O4/c25-19-5-9-21(10-6-19)33-15-23(31)29-27-13-17-1-2-18(4-3-17)14-28-30-24(32)16-34-22-11-7-20(26)8-12-22/h1-14H,15-16H2,(H,29,31)(H,30,32). The molecule has 2 N–H and O–H groups in total. The van der Waals surface area contributed by atoms with Crippen molar-refractivity contribution in [2.75, 3.05) is 13.2 Å². The lowest BCUT2D eigenvalue weighted by Gasteiger charge is -2.05. The first-order valence-electron chi connectivity index (χ1n) is 9.98. The molecule has 0 aliphatic carbocycles. The number of nitrogens with one attached hydrogen (secondary N) is 2. The van der Waals surface area contributed by atoms with E-state index in [9.17, 15) is 9.59 Å². The summed E-state index contributed by atoms with van der Waals surface area (Å²) in [5.74, 6) is 0.272. The summed E-state index contributed by atoms with van der Waals surface area (Å²) in [5, 5.41) is 8.96. The van der Waals surface area contributed by atoms with Gasteiger partial charge in [-0.1, -0.05) is 47.5 Å². The topological polar surface area (TPSA) is 101 Å². The summed E-state index contributed by atoms with van der Waals surface area (Å²) < 4.78 is 10.7. The molecular weight excluding hydrogens is 479 g/mol. The van der Waals surface area contributed by atoms with Gasteiger partial charge in [0.15, 0.2) is 13.2 Å². The molecule has 0 saturated carbocycles. The van der Waals surface area contributed by atoms with Crippen LogP contribution in [0.3, 0.4) is 0 Å². The Morgan fingerprint density at radius 3 is 1.35 bits per heavy atom. The predicted octanol–water partition coefficient (Wildman–Crippen LogP) is 4.05. The first-order chi connectivity index (χ1) is 16.5. The molecule has 0 radical (unpaired) electrons. The highest BCUT2D eigenvalue weighted by molar-refractivity contribution is 6.30. The van der Waals surface area contributed by atoms with Crippen molar-refractivity contribution >= 4 is 47.4 Å². The highest BCUT2D eigenvalue weighted by Gasteiger charge is 2.02. The summed E-state index contributed by atoms with van der Waals surface area (Å²) in [6.45, 7) is -0.352. The largest absolute Gasteiger partial charge is 0.484 e. The van der Waals surface area contributed by atoms with Gasteiger partial charge in [0.05, 0.1) is 12.4 Å². The molecule has 0 aliphatic rings. The van der Waals surface area contributed by atoms with E-state index in [1.807, 2.05) is 0 Å². The van der Waals surface area contributed by atoms with Crippen molar-refractivity contribution in [1.82, 2.24) is 10.9 Å². The first kappa shape index (κ1) is 24.8. The SMILES string of the molecule is O=C(COc1ccc(Cl)cc1)NN=Cc1ccc(C=NNC(=O)COc2ccc(Cl)cc2)cc1. The second-order valence-electron chi connectivity index (χ2n) is 6.74. The average molecular weight is 499 g/mol. The van der Waals surface area contributed by atoms with Crippen molar-refractivity contribution in [3.8, 4) is 11.5 Å². The zero-order chi connectivity index (χ0) is 24.2. The van der Waals surface area contributed by atoms with Crippen LogP contribution in [0.4, 0.5) is 0 Å². The van der Waals surface area contributed by atoms with Crippen molar-refractivity contribution in [1.29, 1.82) is 0 Å². The van der Waals surface area contributed by atoms with Crippen LogP contribution < -0.4 is 20.3 Å². The Kier molecular flexibility index (Phi) is 9.45. The van der Waals surface area contributed by atoms with Gasteiger partial charge in [0.2, 0.25) is 0 Å². The lowest BCUT2D eigenvalue weighted by molar-refractivity contribution is -0.123. The highest BCUT2D eigenvalue weighted by atomic mass is 35.5. The van der Waals surface area contributed by atoms with Crippen LogP contribution in [0.2, 0.25) is 10.0 Å². The van der Waals surface area contributed by atoms with Crippen molar-refractivity contribution in [3.05, 3.63) is 94.0 Å². The monoisotopic (exact) mass is 498 g/mol. The molecule has 174 valence electrons. The summed E-state index contributed by atoms with van der Waals surface area (Å²) in [4.78, 5) is 23.6. The molecule has 3 aromatic rings. The van der Waals surface area contributed by atoms with Crippen molar-refractivity contribution in [3.63, 3.8) is 0 Å². The molecule has 8 nitrogen and oxygen atoms in total. The van der Waals surface area contributed by atoms with Crippen molar-refractivity contribution in [2.45, 2.75) is 0 Å². The van der Waals surface area contributed by atoms with E-state index in [1.54, 1.807) is 72.8 Å². The average Bonchev–Trinajstić information content (AvgIpc) is 2.84. The number of hydrogen-bond acceptors (Lipinski definition) is 6. The van der Waals surface area contributed by atoms with Crippen molar-refractivity contribution < 1.29 is 19.1 Å². The molecule has 0 aliphatic heterocycles. The molecule has 0 heterocycles. The van der Waals surface area contributed by atoms with E-state index in [2.05, 4.69) is 21.1 Å². The minimum atomic E-state index is -0.397. The lowest BCUT2D eigenvalue weighted by atomic mass is 10.2. The number of ether oxygens (including phenoxy) is 2. The molecule has 2 amide bonds. The maximum atomic E-state index is 11.8. The molecule has 0 fully saturated rings. The second-order valence-corrected chi connectivity index (χ2v) is 7.61. The third-order valence-electron chi connectivity index (χ3n) is 4.11. The quantitative estimate of drug-likeness (QED) is 0.325. The van der Waals surface area contributed by atoms with Gasteiger partial charge in [0.1, 0.15) is 11.5 Å². The Bertz CT molecular complexity index is 1060. The molecule has 0 aromatic heterocycles. The summed E-state index contributed by atoms with van der Waals surface area (Å²) in [6, 6.07) is 20.5. The number of hydrazone groups is 2. The van der Waals surface area contributed by atoms with Crippen LogP contribution in [-0.4, -0.2) is 37.5 Å². The van der Waals surface area contributed by atoms with Gasteiger partial charge in [-0.2, -0.15) is 10.2 Å². The fourth-order valence-electron chi connectivity index (χ4n) is 2.45. The van der Waals surface area contributed by atoms with E-state index in [0.29, 0.717) is 21.5 Å². The molecule has 0 saturated heterocycles. The second kappa shape index (κ2) is 13.0. The van der Waals surface area contributed by atoms with E-state index in [4.69, 9.17) is 32.7 Å². The molecular formula is C24H20Cl2N4O4. The number of rotatable bonds is 10. The van der Waals surface area contributed by atoms with Crippen LogP contribution in [0.5, 0.6) is 11.5 Å². The molecule has 0 spiro atoms. The molecule has 34 heavy (non-hydrogen) atoms. The Hall–Kier alpha value is -3.88. The molecule has 10 heteroatoms. The van der Waals surface area contributed by atoms with Gasteiger partial charge in [0.25, 0.3) is 11.8 Å². The summed E-state index contributed by atoms with van der Waals surface area (Å²) in [7, 11) is 0. The third-order valence-corrected chi connectivity index (χ3v) is 4.61. The maximum absolute atomic E-state index is 11.8. The third kappa shape index (κ3) is 8.93. The summed E-state index contributed by atoms with van der Waals surface area (Å²) in [6.07, 6.45) is 2.99.